The topological polar surface area (TPSA) is 79.3 Å². The van der Waals surface area contributed by atoms with Gasteiger partial charge >= 0.3 is 0 Å². The fraction of sp³-hybridized carbons (Fsp3) is 0.379. The van der Waals surface area contributed by atoms with Crippen molar-refractivity contribution >= 4 is 17.4 Å². The summed E-state index contributed by atoms with van der Waals surface area (Å²) in [6.45, 7) is 11.6. The Morgan fingerprint density at radius 3 is 2.42 bits per heavy atom. The molecule has 0 aromatic heterocycles. The summed E-state index contributed by atoms with van der Waals surface area (Å²) < 4.78 is 11.4. The Labute approximate surface area is 213 Å². The largest absolute Gasteiger partial charge is 0.507 e. The van der Waals surface area contributed by atoms with E-state index in [0.29, 0.717) is 49.1 Å². The first-order valence-corrected chi connectivity index (χ1v) is 12.1. The van der Waals surface area contributed by atoms with Gasteiger partial charge in [-0.2, -0.15) is 0 Å². The van der Waals surface area contributed by atoms with E-state index >= 15 is 0 Å². The van der Waals surface area contributed by atoms with Crippen LogP contribution in [0.1, 0.15) is 36.6 Å². The Kier molecular flexibility index (Phi) is 8.93. The number of aryl methyl sites for hydroxylation is 1. The number of nitrogens with zero attached hydrogens (tertiary/aromatic N) is 2. The maximum absolute atomic E-state index is 13.2. The number of rotatable bonds is 11. The van der Waals surface area contributed by atoms with Gasteiger partial charge in [0, 0.05) is 18.7 Å². The lowest BCUT2D eigenvalue weighted by atomic mass is 9.94. The van der Waals surface area contributed by atoms with Crippen LogP contribution in [0.4, 0.5) is 0 Å². The lowest BCUT2D eigenvalue weighted by Gasteiger charge is -2.26. The Morgan fingerprint density at radius 2 is 1.83 bits per heavy atom. The van der Waals surface area contributed by atoms with Crippen LogP contribution >= 0.6 is 0 Å². The number of aliphatic hydroxyl groups is 1. The van der Waals surface area contributed by atoms with Gasteiger partial charge in [0.2, 0.25) is 0 Å². The zero-order chi connectivity index (χ0) is 26.4. The second-order valence-electron chi connectivity index (χ2n) is 9.65. The number of carbonyl (C=O) groups excluding carboxylic acids is 2. The molecule has 2 aromatic carbocycles. The van der Waals surface area contributed by atoms with E-state index in [1.54, 1.807) is 36.4 Å². The number of Topliss-reactive ketones (excluding diaryl/α,β-unsaturated/α-hetero) is 1. The number of hydrogen-bond acceptors (Lipinski definition) is 6. The van der Waals surface area contributed by atoms with Gasteiger partial charge in [-0.05, 0) is 68.4 Å². The molecule has 1 amide bonds. The third kappa shape index (κ3) is 6.15. The third-order valence-electron chi connectivity index (χ3n) is 5.91. The molecular weight excluding hydrogens is 456 g/mol. The highest BCUT2D eigenvalue weighted by Crippen LogP contribution is 2.40. The molecule has 0 saturated carbocycles. The molecule has 0 spiro atoms. The molecule has 7 nitrogen and oxygen atoms in total. The molecule has 36 heavy (non-hydrogen) atoms. The minimum Gasteiger partial charge on any atom is -0.507 e. The predicted molar refractivity (Wildman–Crippen MR) is 141 cm³/mol. The van der Waals surface area contributed by atoms with E-state index in [9.17, 15) is 14.7 Å². The van der Waals surface area contributed by atoms with Gasteiger partial charge in [-0.3, -0.25) is 9.59 Å². The van der Waals surface area contributed by atoms with Gasteiger partial charge in [0.05, 0.1) is 18.2 Å². The molecular formula is C29H36N2O5. The zero-order valence-electron chi connectivity index (χ0n) is 21.8. The van der Waals surface area contributed by atoms with Gasteiger partial charge in [-0.1, -0.05) is 38.6 Å². The Hall–Kier alpha value is -3.58. The summed E-state index contributed by atoms with van der Waals surface area (Å²) in [5, 5.41) is 11.3. The average Bonchev–Trinajstić information content (AvgIpc) is 3.10. The van der Waals surface area contributed by atoms with Crippen LogP contribution in [0.5, 0.6) is 11.5 Å². The second kappa shape index (κ2) is 11.9. The van der Waals surface area contributed by atoms with Crippen LogP contribution in [0.2, 0.25) is 0 Å². The summed E-state index contributed by atoms with van der Waals surface area (Å²) in [6.07, 6.45) is 1.66. The number of hydrogen-bond donors (Lipinski definition) is 1. The van der Waals surface area contributed by atoms with Crippen molar-refractivity contribution < 1.29 is 24.2 Å². The van der Waals surface area contributed by atoms with Crippen LogP contribution in [-0.2, 0) is 9.59 Å². The van der Waals surface area contributed by atoms with Gasteiger partial charge in [-0.15, -0.1) is 0 Å². The Balaban J connectivity index is 2.04. The summed E-state index contributed by atoms with van der Waals surface area (Å²) in [7, 11) is 3.81. The first-order valence-electron chi connectivity index (χ1n) is 12.1. The van der Waals surface area contributed by atoms with Gasteiger partial charge < -0.3 is 24.4 Å². The normalized spacial score (nSPS) is 17.2. The summed E-state index contributed by atoms with van der Waals surface area (Å²) in [6, 6.07) is 11.8. The van der Waals surface area contributed by atoms with Crippen LogP contribution in [0, 0.1) is 12.8 Å². The fourth-order valence-corrected chi connectivity index (χ4v) is 4.04. The molecule has 1 fully saturated rings. The molecule has 1 atom stereocenters. The van der Waals surface area contributed by atoms with Gasteiger partial charge in [-0.25, -0.2) is 0 Å². The monoisotopic (exact) mass is 492 g/mol. The molecule has 1 heterocycles. The van der Waals surface area contributed by atoms with Gasteiger partial charge in [0.15, 0.2) is 0 Å². The first kappa shape index (κ1) is 27.0. The zero-order valence-corrected chi connectivity index (χ0v) is 21.8. The SMILES string of the molecule is C=CCOc1ccc(C2C(=C(O)c3ccc(OCC(C)C)c(C)c3)C(=O)C(=O)N2CCN(C)C)cc1. The fourth-order valence-electron chi connectivity index (χ4n) is 4.04. The van der Waals surface area contributed by atoms with Crippen molar-refractivity contribution in [2.45, 2.75) is 26.8 Å². The molecule has 1 aliphatic heterocycles. The first-order chi connectivity index (χ1) is 17.1. The maximum Gasteiger partial charge on any atom is 0.295 e. The number of benzene rings is 2. The summed E-state index contributed by atoms with van der Waals surface area (Å²) >= 11 is 0. The lowest BCUT2D eigenvalue weighted by molar-refractivity contribution is -0.140. The molecule has 1 aliphatic rings. The van der Waals surface area contributed by atoms with Crippen molar-refractivity contribution in [1.82, 2.24) is 9.80 Å². The molecule has 7 heteroatoms. The van der Waals surface area contributed by atoms with Gasteiger partial charge in [0.1, 0.15) is 23.9 Å². The van der Waals surface area contributed by atoms with Crippen LogP contribution in [0.15, 0.2) is 60.7 Å². The average molecular weight is 493 g/mol. The molecule has 2 aromatic rings. The van der Waals surface area contributed by atoms with Crippen molar-refractivity contribution in [3.8, 4) is 11.5 Å². The van der Waals surface area contributed by atoms with Crippen molar-refractivity contribution in [1.29, 1.82) is 0 Å². The quantitative estimate of drug-likeness (QED) is 0.214. The second-order valence-corrected chi connectivity index (χ2v) is 9.65. The summed E-state index contributed by atoms with van der Waals surface area (Å²) in [5.41, 5.74) is 2.09. The molecule has 1 N–H and O–H groups in total. The number of carbonyl (C=O) groups is 2. The number of ether oxygens (including phenoxy) is 2. The molecule has 1 unspecified atom stereocenters. The minimum absolute atomic E-state index is 0.0776. The van der Waals surface area contributed by atoms with E-state index in [1.807, 2.05) is 38.1 Å². The van der Waals surface area contributed by atoms with Crippen LogP contribution in [-0.4, -0.2) is 67.0 Å². The van der Waals surface area contributed by atoms with Gasteiger partial charge in [0.25, 0.3) is 11.7 Å². The third-order valence-corrected chi connectivity index (χ3v) is 5.91. The Bertz CT molecular complexity index is 1130. The molecule has 3 rings (SSSR count). The highest BCUT2D eigenvalue weighted by Gasteiger charge is 2.45. The van der Waals surface area contributed by atoms with E-state index in [1.165, 1.54) is 4.90 Å². The van der Waals surface area contributed by atoms with Crippen molar-refractivity contribution in [2.24, 2.45) is 5.92 Å². The molecule has 0 bridgehead atoms. The van der Waals surface area contributed by atoms with Crippen LogP contribution in [0.3, 0.4) is 0 Å². The van der Waals surface area contributed by atoms with E-state index in [-0.39, 0.29) is 11.3 Å². The minimum atomic E-state index is -0.712. The highest BCUT2D eigenvalue weighted by atomic mass is 16.5. The number of aliphatic hydroxyl groups excluding tert-OH is 1. The molecule has 192 valence electrons. The number of amides is 1. The smallest absolute Gasteiger partial charge is 0.295 e. The van der Waals surface area contributed by atoms with E-state index < -0.39 is 17.7 Å². The van der Waals surface area contributed by atoms with E-state index in [4.69, 9.17) is 9.47 Å². The number of ketones is 1. The predicted octanol–water partition coefficient (Wildman–Crippen LogP) is 4.58. The van der Waals surface area contributed by atoms with E-state index in [2.05, 4.69) is 20.4 Å². The van der Waals surface area contributed by atoms with Crippen molar-refractivity contribution in [2.75, 3.05) is 40.4 Å². The van der Waals surface area contributed by atoms with Crippen molar-refractivity contribution in [3.05, 3.63) is 77.4 Å². The summed E-state index contributed by atoms with van der Waals surface area (Å²) in [5.74, 6) is 0.236. The maximum atomic E-state index is 13.2. The lowest BCUT2D eigenvalue weighted by Crippen LogP contribution is -2.35. The Morgan fingerprint density at radius 1 is 1.14 bits per heavy atom. The van der Waals surface area contributed by atoms with Crippen LogP contribution in [0.25, 0.3) is 5.76 Å². The highest BCUT2D eigenvalue weighted by molar-refractivity contribution is 6.46. The summed E-state index contributed by atoms with van der Waals surface area (Å²) in [4.78, 5) is 29.8. The molecule has 1 saturated heterocycles. The van der Waals surface area contributed by atoms with Crippen molar-refractivity contribution in [3.63, 3.8) is 0 Å². The number of likely N-dealkylation sites (tertiary alicyclic amines) is 1. The molecule has 0 radical (unpaired) electrons. The molecule has 0 aliphatic carbocycles. The number of likely N-dealkylation sites (N-methyl/N-ethyl adjacent to an activating group) is 1. The van der Waals surface area contributed by atoms with E-state index in [0.717, 1.165) is 11.3 Å². The standard InChI is InChI=1S/C29H36N2O5/c1-7-16-35-23-11-8-21(9-12-23)26-25(28(33)29(34)31(26)15-14-30(5)6)27(32)22-10-13-24(20(4)17-22)36-18-19(2)3/h7-13,17,19,26,32H,1,14-16,18H2,2-6H3. The van der Waals surface area contributed by atoms with Crippen LogP contribution < -0.4 is 9.47 Å².